The summed E-state index contributed by atoms with van der Waals surface area (Å²) in [5.74, 6) is 0.835. The van der Waals surface area contributed by atoms with Crippen LogP contribution in [0.25, 0.3) is 0 Å². The molecule has 0 heterocycles. The number of carbonyl (C=O) groups excluding carboxylic acids is 2. The second kappa shape index (κ2) is 5.25. The number of ether oxygens (including phenoxy) is 2. The molecule has 84 valence electrons. The predicted molar refractivity (Wildman–Crippen MR) is 53.5 cm³/mol. The van der Waals surface area contributed by atoms with E-state index < -0.39 is 23.6 Å². The zero-order chi connectivity index (χ0) is 12.1. The van der Waals surface area contributed by atoms with Crippen LogP contribution in [-0.4, -0.2) is 17.7 Å². The van der Waals surface area contributed by atoms with E-state index >= 15 is 0 Å². The Morgan fingerprint density at radius 3 is 2.27 bits per heavy atom. The summed E-state index contributed by atoms with van der Waals surface area (Å²) in [4.78, 5) is 22.2. The Balaban J connectivity index is 4.18. The van der Waals surface area contributed by atoms with Gasteiger partial charge >= 0.3 is 12.1 Å². The highest BCUT2D eigenvalue weighted by molar-refractivity contribution is 5.85. The van der Waals surface area contributed by atoms with Gasteiger partial charge in [0.15, 0.2) is 0 Å². The van der Waals surface area contributed by atoms with Gasteiger partial charge in [0.1, 0.15) is 11.5 Å². The van der Waals surface area contributed by atoms with Crippen molar-refractivity contribution < 1.29 is 19.1 Å². The van der Waals surface area contributed by atoms with Crippen LogP contribution in [0.2, 0.25) is 0 Å². The Hall–Kier alpha value is -1.70. The van der Waals surface area contributed by atoms with Crippen LogP contribution in [0, 0.1) is 17.9 Å². The summed E-state index contributed by atoms with van der Waals surface area (Å²) in [5, 5.41) is 0. The molecule has 0 saturated heterocycles. The highest BCUT2D eigenvalue weighted by Gasteiger charge is 2.22. The summed E-state index contributed by atoms with van der Waals surface area (Å²) >= 11 is 0. The van der Waals surface area contributed by atoms with Crippen LogP contribution in [0.15, 0.2) is 0 Å². The Labute approximate surface area is 88.9 Å². The van der Waals surface area contributed by atoms with Crippen LogP contribution >= 0.6 is 0 Å². The quantitative estimate of drug-likeness (QED) is 0.304. The second-order valence-electron chi connectivity index (χ2n) is 3.90. The topological polar surface area (TPSA) is 78.6 Å². The van der Waals surface area contributed by atoms with Crippen LogP contribution in [0.3, 0.4) is 0 Å². The molecule has 0 aliphatic carbocycles. The largest absolute Gasteiger partial charge is 0.516 e. The highest BCUT2D eigenvalue weighted by Crippen LogP contribution is 2.09. The zero-order valence-electron chi connectivity index (χ0n) is 9.29. The molecule has 0 aliphatic rings. The molecular weight excluding hydrogens is 198 g/mol. The van der Waals surface area contributed by atoms with E-state index in [4.69, 9.17) is 10.5 Å². The third kappa shape index (κ3) is 6.38. The minimum absolute atomic E-state index is 0.694. The van der Waals surface area contributed by atoms with E-state index in [1.54, 1.807) is 20.8 Å². The van der Waals surface area contributed by atoms with Gasteiger partial charge in [0.05, 0.1) is 0 Å². The zero-order valence-corrected chi connectivity index (χ0v) is 9.29. The average molecular weight is 213 g/mol. The van der Waals surface area contributed by atoms with Crippen LogP contribution < -0.4 is 5.73 Å². The van der Waals surface area contributed by atoms with E-state index in [1.807, 2.05) is 0 Å². The van der Waals surface area contributed by atoms with Gasteiger partial charge < -0.3 is 15.2 Å². The molecule has 0 radical (unpaired) electrons. The van der Waals surface area contributed by atoms with Crippen LogP contribution in [0.5, 0.6) is 0 Å². The lowest BCUT2D eigenvalue weighted by Crippen LogP contribution is -2.27. The van der Waals surface area contributed by atoms with Gasteiger partial charge in [-0.2, -0.15) is 0 Å². The fourth-order valence-electron chi connectivity index (χ4n) is 0.625. The number of carbonyl (C=O) groups is 2. The Kier molecular flexibility index (Phi) is 4.65. The maximum atomic E-state index is 11.1. The Bertz CT molecular complexity index is 306. The standard InChI is InChI=1S/C10H15NO4/c1-7(5-6-11)8(12)14-9(13)15-10(2,3)4/h7H,11H2,1-4H3/t7-/m0/s1. The molecule has 0 aliphatic heterocycles. The summed E-state index contributed by atoms with van der Waals surface area (Å²) in [5.41, 5.74) is 4.22. The normalized spacial score (nSPS) is 12.0. The summed E-state index contributed by atoms with van der Waals surface area (Å²) < 4.78 is 9.16. The molecule has 2 N–H and O–H groups in total. The first-order valence-corrected chi connectivity index (χ1v) is 4.42. The fraction of sp³-hybridized carbons (Fsp3) is 0.600. The minimum atomic E-state index is -1.03. The van der Waals surface area contributed by atoms with Gasteiger partial charge in [-0.1, -0.05) is 5.92 Å². The molecule has 0 aromatic rings. The van der Waals surface area contributed by atoms with Gasteiger partial charge in [-0.05, 0) is 27.7 Å². The van der Waals surface area contributed by atoms with Gasteiger partial charge in [0.2, 0.25) is 0 Å². The number of esters is 1. The van der Waals surface area contributed by atoms with Gasteiger partial charge in [-0.15, -0.1) is 0 Å². The van der Waals surface area contributed by atoms with Gasteiger partial charge in [-0.25, -0.2) is 4.79 Å². The van der Waals surface area contributed by atoms with Gasteiger partial charge in [0, 0.05) is 6.04 Å². The molecule has 0 rings (SSSR count). The molecule has 0 aromatic heterocycles. The van der Waals surface area contributed by atoms with Crippen molar-refractivity contribution >= 4 is 12.1 Å². The van der Waals surface area contributed by atoms with Crippen LogP contribution in [-0.2, 0) is 14.3 Å². The Morgan fingerprint density at radius 1 is 1.33 bits per heavy atom. The Morgan fingerprint density at radius 2 is 1.87 bits per heavy atom. The van der Waals surface area contributed by atoms with Gasteiger partial charge in [-0.3, -0.25) is 4.79 Å². The van der Waals surface area contributed by atoms with Crippen molar-refractivity contribution in [3.05, 3.63) is 0 Å². The van der Waals surface area contributed by atoms with Crippen LogP contribution in [0.4, 0.5) is 4.79 Å². The maximum Gasteiger partial charge on any atom is 0.516 e. The molecule has 5 nitrogen and oxygen atoms in total. The smallest absolute Gasteiger partial charge is 0.428 e. The van der Waals surface area contributed by atoms with Crippen molar-refractivity contribution in [2.45, 2.75) is 33.3 Å². The van der Waals surface area contributed by atoms with Crippen molar-refractivity contribution in [1.82, 2.24) is 0 Å². The maximum absolute atomic E-state index is 11.1. The fourth-order valence-corrected chi connectivity index (χ4v) is 0.625. The first-order chi connectivity index (χ1) is 6.76. The molecule has 0 saturated carbocycles. The molecule has 0 fully saturated rings. The summed E-state index contributed by atoms with van der Waals surface area (Å²) in [7, 11) is 0. The molecule has 0 spiro atoms. The van der Waals surface area contributed by atoms with Crippen molar-refractivity contribution in [3.8, 4) is 12.0 Å². The second-order valence-corrected chi connectivity index (χ2v) is 3.90. The minimum Gasteiger partial charge on any atom is -0.428 e. The predicted octanol–water partition coefficient (Wildman–Crippen LogP) is 1.02. The van der Waals surface area contributed by atoms with Crippen molar-refractivity contribution in [1.29, 1.82) is 0 Å². The monoisotopic (exact) mass is 213 g/mol. The third-order valence-electron chi connectivity index (χ3n) is 1.23. The van der Waals surface area contributed by atoms with E-state index in [0.29, 0.717) is 0 Å². The number of hydrogen-bond donors (Lipinski definition) is 1. The van der Waals surface area contributed by atoms with Crippen molar-refractivity contribution in [3.63, 3.8) is 0 Å². The SMILES string of the molecule is C[C@@H](C#CN)C(=O)OC(=O)OC(C)(C)C. The first-order valence-electron chi connectivity index (χ1n) is 4.42. The molecule has 0 aromatic carbocycles. The van der Waals surface area contributed by atoms with Gasteiger partial charge in [0.25, 0.3) is 0 Å². The molecule has 15 heavy (non-hydrogen) atoms. The lowest BCUT2D eigenvalue weighted by Gasteiger charge is -2.18. The summed E-state index contributed by atoms with van der Waals surface area (Å²) in [6, 6.07) is 2.07. The summed E-state index contributed by atoms with van der Waals surface area (Å²) in [6.07, 6.45) is -1.03. The van der Waals surface area contributed by atoms with E-state index in [2.05, 4.69) is 16.7 Å². The first kappa shape index (κ1) is 13.3. The number of rotatable bonds is 1. The van der Waals surface area contributed by atoms with Crippen molar-refractivity contribution in [2.75, 3.05) is 0 Å². The molecule has 1 atom stereocenters. The lowest BCUT2D eigenvalue weighted by molar-refractivity contribution is -0.143. The number of nitrogens with two attached hydrogens (primary N) is 1. The molecule has 5 heteroatoms. The molecule has 0 bridgehead atoms. The van der Waals surface area contributed by atoms with Crippen molar-refractivity contribution in [2.24, 2.45) is 11.7 Å². The van der Waals surface area contributed by atoms with E-state index in [9.17, 15) is 9.59 Å². The van der Waals surface area contributed by atoms with E-state index in [-0.39, 0.29) is 0 Å². The van der Waals surface area contributed by atoms with E-state index in [1.165, 1.54) is 6.92 Å². The highest BCUT2D eigenvalue weighted by atomic mass is 16.7. The molecular formula is C10H15NO4. The lowest BCUT2D eigenvalue weighted by atomic mass is 10.2. The molecule has 0 amide bonds. The molecule has 0 unspecified atom stereocenters. The summed E-state index contributed by atoms with van der Waals surface area (Å²) in [6.45, 7) is 6.48. The van der Waals surface area contributed by atoms with Crippen LogP contribution in [0.1, 0.15) is 27.7 Å². The number of hydrogen-bond acceptors (Lipinski definition) is 5. The average Bonchev–Trinajstić information content (AvgIpc) is 2.00. The van der Waals surface area contributed by atoms with E-state index in [0.717, 1.165) is 0 Å². The third-order valence-corrected chi connectivity index (χ3v) is 1.23.